The molecule has 152 valence electrons. The SMILES string of the molecule is Cc1nc(-c2ccsc2)sc1C(=O)N(Cc1nnc(-c2ccccc2Cl)o1)C1CC1. The number of hydrogen-bond donors (Lipinski definition) is 0. The minimum atomic E-state index is -0.0357. The molecule has 0 unspecified atom stereocenters. The summed E-state index contributed by atoms with van der Waals surface area (Å²) in [4.78, 5) is 20.4. The first kappa shape index (κ1) is 19.4. The normalized spacial score (nSPS) is 13.5. The lowest BCUT2D eigenvalue weighted by Crippen LogP contribution is -2.32. The van der Waals surface area contributed by atoms with Gasteiger partial charge in [0, 0.05) is 17.0 Å². The maximum Gasteiger partial charge on any atom is 0.266 e. The Hall–Kier alpha value is -2.55. The first-order valence-corrected chi connectivity index (χ1v) is 11.6. The molecular weight excluding hydrogens is 440 g/mol. The van der Waals surface area contributed by atoms with Gasteiger partial charge in [0.2, 0.25) is 11.8 Å². The molecule has 30 heavy (non-hydrogen) atoms. The zero-order valence-electron chi connectivity index (χ0n) is 16.0. The highest BCUT2D eigenvalue weighted by molar-refractivity contribution is 7.17. The number of thiazole rings is 1. The molecule has 1 saturated carbocycles. The van der Waals surface area contributed by atoms with Crippen molar-refractivity contribution < 1.29 is 9.21 Å². The molecule has 0 N–H and O–H groups in total. The third kappa shape index (κ3) is 3.78. The van der Waals surface area contributed by atoms with Crippen LogP contribution < -0.4 is 0 Å². The average Bonchev–Trinajstić information content (AvgIpc) is 3.12. The number of aromatic nitrogens is 3. The van der Waals surface area contributed by atoms with Crippen molar-refractivity contribution >= 4 is 40.2 Å². The van der Waals surface area contributed by atoms with Gasteiger partial charge in [-0.25, -0.2) is 4.98 Å². The summed E-state index contributed by atoms with van der Waals surface area (Å²) in [6, 6.07) is 9.53. The molecule has 1 aliphatic rings. The number of aryl methyl sites for hydroxylation is 1. The molecule has 0 bridgehead atoms. The van der Waals surface area contributed by atoms with E-state index in [1.807, 2.05) is 46.8 Å². The minimum Gasteiger partial charge on any atom is -0.419 e. The van der Waals surface area contributed by atoms with E-state index in [4.69, 9.17) is 16.0 Å². The highest BCUT2D eigenvalue weighted by Gasteiger charge is 2.36. The van der Waals surface area contributed by atoms with Gasteiger partial charge >= 0.3 is 0 Å². The average molecular weight is 457 g/mol. The van der Waals surface area contributed by atoms with Gasteiger partial charge in [-0.3, -0.25) is 4.79 Å². The molecule has 1 aliphatic carbocycles. The van der Waals surface area contributed by atoms with Crippen LogP contribution in [-0.2, 0) is 6.54 Å². The van der Waals surface area contributed by atoms with Gasteiger partial charge in [0.05, 0.1) is 22.8 Å². The van der Waals surface area contributed by atoms with Crippen molar-refractivity contribution in [1.29, 1.82) is 0 Å². The Morgan fingerprint density at radius 1 is 1.27 bits per heavy atom. The summed E-state index contributed by atoms with van der Waals surface area (Å²) < 4.78 is 5.83. The van der Waals surface area contributed by atoms with Gasteiger partial charge in [0.1, 0.15) is 9.88 Å². The fourth-order valence-corrected chi connectivity index (χ4v) is 5.14. The van der Waals surface area contributed by atoms with Crippen LogP contribution in [0, 0.1) is 6.92 Å². The van der Waals surface area contributed by atoms with Gasteiger partial charge in [0.25, 0.3) is 5.91 Å². The maximum absolute atomic E-state index is 13.4. The Labute approximate surface area is 186 Å². The molecule has 5 rings (SSSR count). The van der Waals surface area contributed by atoms with Crippen molar-refractivity contribution in [3.63, 3.8) is 0 Å². The number of rotatable bonds is 6. The van der Waals surface area contributed by atoms with Crippen molar-refractivity contribution in [3.8, 4) is 22.0 Å². The van der Waals surface area contributed by atoms with Crippen molar-refractivity contribution in [3.05, 3.63) is 62.6 Å². The lowest BCUT2D eigenvalue weighted by Gasteiger charge is -2.19. The van der Waals surface area contributed by atoms with Crippen LogP contribution in [0.2, 0.25) is 5.02 Å². The molecule has 0 atom stereocenters. The van der Waals surface area contributed by atoms with Crippen molar-refractivity contribution in [2.45, 2.75) is 32.4 Å². The van der Waals surface area contributed by atoms with Gasteiger partial charge in [-0.05, 0) is 43.3 Å². The van der Waals surface area contributed by atoms with Crippen LogP contribution in [0.3, 0.4) is 0 Å². The van der Waals surface area contributed by atoms with E-state index in [1.165, 1.54) is 11.3 Å². The second-order valence-electron chi connectivity index (χ2n) is 7.09. The lowest BCUT2D eigenvalue weighted by molar-refractivity contribution is 0.0718. The molecule has 3 heterocycles. The molecule has 0 saturated heterocycles. The first-order valence-electron chi connectivity index (χ1n) is 9.48. The lowest BCUT2D eigenvalue weighted by atomic mass is 10.2. The maximum atomic E-state index is 13.4. The number of carbonyl (C=O) groups excluding carboxylic acids is 1. The van der Waals surface area contributed by atoms with E-state index in [9.17, 15) is 4.79 Å². The Balaban J connectivity index is 1.39. The molecule has 0 radical (unpaired) electrons. The van der Waals surface area contributed by atoms with Crippen molar-refractivity contribution in [2.75, 3.05) is 0 Å². The van der Waals surface area contributed by atoms with Crippen LogP contribution in [0.15, 0.2) is 45.5 Å². The molecule has 1 amide bonds. The van der Waals surface area contributed by atoms with E-state index in [1.54, 1.807) is 17.4 Å². The highest BCUT2D eigenvalue weighted by atomic mass is 35.5. The third-order valence-electron chi connectivity index (χ3n) is 4.88. The number of amides is 1. The summed E-state index contributed by atoms with van der Waals surface area (Å²) in [5.74, 6) is 0.712. The van der Waals surface area contributed by atoms with Gasteiger partial charge in [-0.2, -0.15) is 11.3 Å². The zero-order valence-corrected chi connectivity index (χ0v) is 18.4. The highest BCUT2D eigenvalue weighted by Crippen LogP contribution is 2.35. The number of halogens is 1. The van der Waals surface area contributed by atoms with Gasteiger partial charge in [-0.1, -0.05) is 23.7 Å². The number of benzene rings is 1. The Kier molecular flexibility index (Phi) is 5.14. The Bertz CT molecular complexity index is 1200. The van der Waals surface area contributed by atoms with E-state index >= 15 is 0 Å². The molecule has 6 nitrogen and oxygen atoms in total. The number of hydrogen-bond acceptors (Lipinski definition) is 7. The summed E-state index contributed by atoms with van der Waals surface area (Å²) in [6.45, 7) is 2.15. The minimum absolute atomic E-state index is 0.0357. The largest absolute Gasteiger partial charge is 0.419 e. The summed E-state index contributed by atoms with van der Waals surface area (Å²) in [7, 11) is 0. The molecule has 0 aliphatic heterocycles. The summed E-state index contributed by atoms with van der Waals surface area (Å²) >= 11 is 9.28. The number of thiophene rings is 1. The van der Waals surface area contributed by atoms with E-state index < -0.39 is 0 Å². The van der Waals surface area contributed by atoms with E-state index in [2.05, 4.69) is 15.2 Å². The topological polar surface area (TPSA) is 72.1 Å². The molecule has 0 spiro atoms. The quantitative estimate of drug-likeness (QED) is 0.372. The van der Waals surface area contributed by atoms with Crippen molar-refractivity contribution in [2.24, 2.45) is 0 Å². The van der Waals surface area contributed by atoms with Crippen LogP contribution in [-0.4, -0.2) is 32.0 Å². The van der Waals surface area contributed by atoms with Gasteiger partial charge in [0.15, 0.2) is 0 Å². The molecule has 9 heteroatoms. The van der Waals surface area contributed by atoms with Crippen LogP contribution in [0.5, 0.6) is 0 Å². The molecule has 4 aromatic rings. The summed E-state index contributed by atoms with van der Waals surface area (Å²) in [6.07, 6.45) is 1.96. The summed E-state index contributed by atoms with van der Waals surface area (Å²) in [5, 5.41) is 13.7. The van der Waals surface area contributed by atoms with E-state index in [0.29, 0.717) is 27.2 Å². The standard InChI is InChI=1S/C21H17ClN4O2S2/c1-12-18(30-20(23-12)13-8-9-29-11-13)21(27)26(14-6-7-14)10-17-24-25-19(28-17)15-4-2-3-5-16(15)22/h2-5,8-9,11,14H,6-7,10H2,1H3. The smallest absolute Gasteiger partial charge is 0.266 e. The fraction of sp³-hybridized carbons (Fsp3) is 0.238. The third-order valence-corrected chi connectivity index (χ3v) is 7.09. The van der Waals surface area contributed by atoms with E-state index in [-0.39, 0.29) is 18.5 Å². The fourth-order valence-electron chi connectivity index (χ4n) is 3.19. The van der Waals surface area contributed by atoms with Crippen molar-refractivity contribution in [1.82, 2.24) is 20.1 Å². The van der Waals surface area contributed by atoms with Crippen LogP contribution >= 0.6 is 34.3 Å². The second kappa shape index (κ2) is 7.94. The van der Waals surface area contributed by atoms with E-state index in [0.717, 1.165) is 29.1 Å². The van der Waals surface area contributed by atoms with Gasteiger partial charge in [-0.15, -0.1) is 21.5 Å². The summed E-state index contributed by atoms with van der Waals surface area (Å²) in [5.41, 5.74) is 2.48. The first-order chi connectivity index (χ1) is 14.6. The monoisotopic (exact) mass is 456 g/mol. The van der Waals surface area contributed by atoms with Gasteiger partial charge < -0.3 is 9.32 Å². The Morgan fingerprint density at radius 2 is 2.10 bits per heavy atom. The predicted molar refractivity (Wildman–Crippen MR) is 118 cm³/mol. The second-order valence-corrected chi connectivity index (χ2v) is 9.28. The molecule has 3 aromatic heterocycles. The van der Waals surface area contributed by atoms with Crippen LogP contribution in [0.4, 0.5) is 0 Å². The Morgan fingerprint density at radius 3 is 2.83 bits per heavy atom. The molecule has 1 fully saturated rings. The molecular formula is C21H17ClN4O2S2. The zero-order chi connectivity index (χ0) is 20.7. The molecule has 1 aromatic carbocycles. The van der Waals surface area contributed by atoms with Crippen LogP contribution in [0.1, 0.15) is 34.1 Å². The van der Waals surface area contributed by atoms with Crippen LogP contribution in [0.25, 0.3) is 22.0 Å². The predicted octanol–water partition coefficient (Wildman–Crippen LogP) is 5.69. The number of nitrogens with zero attached hydrogens (tertiary/aromatic N) is 4. The number of carbonyl (C=O) groups is 1.